The first kappa shape index (κ1) is 21.8. The number of para-hydroxylation sites is 1. The van der Waals surface area contributed by atoms with E-state index in [1.807, 2.05) is 54.6 Å². The number of anilines is 2. The molecule has 1 fully saturated rings. The van der Waals surface area contributed by atoms with Crippen LogP contribution in [0.25, 0.3) is 0 Å². The van der Waals surface area contributed by atoms with Crippen LogP contribution in [0.15, 0.2) is 72.9 Å². The van der Waals surface area contributed by atoms with Gasteiger partial charge in [0.25, 0.3) is 5.91 Å². The highest BCUT2D eigenvalue weighted by Gasteiger charge is 2.17. The average Bonchev–Trinajstić information content (AvgIpc) is 3.06. The molecule has 0 aliphatic carbocycles. The van der Waals surface area contributed by atoms with Gasteiger partial charge in [-0.3, -0.25) is 9.69 Å². The zero-order valence-electron chi connectivity index (χ0n) is 17.9. The second kappa shape index (κ2) is 10.7. The number of benzene rings is 2. The fourth-order valence-electron chi connectivity index (χ4n) is 3.74. The Hall–Kier alpha value is -3.45. The monoisotopic (exact) mass is 434 g/mol. The van der Waals surface area contributed by atoms with Gasteiger partial charge >= 0.3 is 0 Å². The molecule has 0 radical (unpaired) electrons. The Balaban J connectivity index is 1.27. The molecule has 1 N–H and O–H groups in total. The van der Waals surface area contributed by atoms with Crippen LogP contribution in [0.2, 0.25) is 0 Å². The molecule has 0 spiro atoms. The van der Waals surface area contributed by atoms with Crippen molar-refractivity contribution in [2.24, 2.45) is 0 Å². The maximum Gasteiger partial charge on any atom is 0.262 e. The van der Waals surface area contributed by atoms with Gasteiger partial charge < -0.3 is 15.0 Å². The number of hydrogen-bond acceptors (Lipinski definition) is 5. The fourth-order valence-corrected chi connectivity index (χ4v) is 3.74. The first-order chi connectivity index (χ1) is 15.7. The lowest BCUT2D eigenvalue weighted by molar-refractivity contribution is -0.118. The Morgan fingerprint density at radius 1 is 0.969 bits per heavy atom. The van der Waals surface area contributed by atoms with Crippen LogP contribution in [0.5, 0.6) is 5.75 Å². The van der Waals surface area contributed by atoms with Gasteiger partial charge in [0, 0.05) is 38.3 Å². The molecule has 6 nitrogen and oxygen atoms in total. The molecule has 0 saturated carbocycles. The second-order valence-electron chi connectivity index (χ2n) is 7.76. The molecule has 0 atom stereocenters. The molecular formula is C25H27FN4O2. The third-order valence-corrected chi connectivity index (χ3v) is 5.41. The van der Waals surface area contributed by atoms with E-state index in [1.54, 1.807) is 12.3 Å². The van der Waals surface area contributed by atoms with Gasteiger partial charge in [-0.15, -0.1) is 0 Å². The number of amides is 1. The number of halogens is 1. The molecule has 1 saturated heterocycles. The first-order valence-electron chi connectivity index (χ1n) is 10.8. The largest absolute Gasteiger partial charge is 0.484 e. The molecule has 1 aromatic heterocycles. The standard InChI is InChI=1S/C25H27FN4O2/c26-23-10-5-4-7-20(23)18-29-13-6-14-30(16-15-29)24-12-11-21(17-27-24)28-25(31)19-32-22-8-2-1-3-9-22/h1-5,7-12,17H,6,13-16,18-19H2,(H,28,31). The van der Waals surface area contributed by atoms with Crippen molar-refractivity contribution < 1.29 is 13.9 Å². The lowest BCUT2D eigenvalue weighted by Crippen LogP contribution is -2.31. The molecule has 32 heavy (non-hydrogen) atoms. The molecule has 0 unspecified atom stereocenters. The van der Waals surface area contributed by atoms with E-state index in [1.165, 1.54) is 6.07 Å². The summed E-state index contributed by atoms with van der Waals surface area (Å²) in [5, 5.41) is 2.81. The van der Waals surface area contributed by atoms with Crippen LogP contribution in [0.1, 0.15) is 12.0 Å². The molecule has 1 amide bonds. The molecule has 4 rings (SSSR count). The zero-order valence-corrected chi connectivity index (χ0v) is 17.9. The molecule has 2 heterocycles. The van der Waals surface area contributed by atoms with Gasteiger partial charge in [0.05, 0.1) is 11.9 Å². The number of hydrogen-bond donors (Lipinski definition) is 1. The van der Waals surface area contributed by atoms with E-state index in [2.05, 4.69) is 20.1 Å². The highest BCUT2D eigenvalue weighted by atomic mass is 19.1. The summed E-state index contributed by atoms with van der Waals surface area (Å²) in [4.78, 5) is 21.2. The van der Waals surface area contributed by atoms with E-state index in [-0.39, 0.29) is 18.3 Å². The number of carbonyl (C=O) groups is 1. The Morgan fingerprint density at radius 2 is 1.78 bits per heavy atom. The van der Waals surface area contributed by atoms with Crippen LogP contribution in [-0.4, -0.2) is 48.6 Å². The summed E-state index contributed by atoms with van der Waals surface area (Å²) in [7, 11) is 0. The lowest BCUT2D eigenvalue weighted by atomic mass is 10.2. The van der Waals surface area contributed by atoms with Crippen molar-refractivity contribution in [1.29, 1.82) is 0 Å². The van der Waals surface area contributed by atoms with E-state index in [4.69, 9.17) is 4.74 Å². The Labute approximate surface area is 187 Å². The smallest absolute Gasteiger partial charge is 0.262 e. The minimum atomic E-state index is -0.234. The van der Waals surface area contributed by atoms with Gasteiger partial charge in [-0.1, -0.05) is 36.4 Å². The SMILES string of the molecule is O=C(COc1ccccc1)Nc1ccc(N2CCCN(Cc3ccccc3F)CC2)nc1. The number of carbonyl (C=O) groups excluding carboxylic acids is 1. The first-order valence-corrected chi connectivity index (χ1v) is 10.8. The van der Waals surface area contributed by atoms with Crippen molar-refractivity contribution in [3.05, 3.63) is 84.3 Å². The van der Waals surface area contributed by atoms with Crippen molar-refractivity contribution in [2.45, 2.75) is 13.0 Å². The minimum absolute atomic E-state index is 0.0598. The molecule has 1 aliphatic rings. The molecule has 166 valence electrons. The van der Waals surface area contributed by atoms with E-state index in [0.29, 0.717) is 18.0 Å². The topological polar surface area (TPSA) is 57.7 Å². The number of aromatic nitrogens is 1. The minimum Gasteiger partial charge on any atom is -0.484 e. The van der Waals surface area contributed by atoms with E-state index < -0.39 is 0 Å². The third-order valence-electron chi connectivity index (χ3n) is 5.41. The van der Waals surface area contributed by atoms with Gasteiger partial charge in [-0.25, -0.2) is 9.37 Å². The Bertz CT molecular complexity index is 1010. The normalized spacial score (nSPS) is 14.6. The van der Waals surface area contributed by atoms with Crippen molar-refractivity contribution >= 4 is 17.4 Å². The molecule has 3 aromatic rings. The molecule has 2 aromatic carbocycles. The number of nitrogens with one attached hydrogen (secondary N) is 1. The summed E-state index contributed by atoms with van der Waals surface area (Å²) in [5.74, 6) is 1.14. The number of nitrogens with zero attached hydrogens (tertiary/aromatic N) is 3. The third kappa shape index (κ3) is 6.04. The van der Waals surface area contributed by atoms with E-state index in [0.717, 1.165) is 44.0 Å². The summed E-state index contributed by atoms with van der Waals surface area (Å²) < 4.78 is 19.4. The lowest BCUT2D eigenvalue weighted by Gasteiger charge is -2.23. The quantitative estimate of drug-likeness (QED) is 0.610. The van der Waals surface area contributed by atoms with Crippen LogP contribution in [0.4, 0.5) is 15.9 Å². The van der Waals surface area contributed by atoms with Gasteiger partial charge in [0.15, 0.2) is 6.61 Å². The predicted molar refractivity (Wildman–Crippen MR) is 123 cm³/mol. The fraction of sp³-hybridized carbons (Fsp3) is 0.280. The number of rotatable bonds is 7. The summed E-state index contributed by atoms with van der Waals surface area (Å²) in [6, 6.07) is 19.9. The molecule has 7 heteroatoms. The van der Waals surface area contributed by atoms with Crippen LogP contribution >= 0.6 is 0 Å². The van der Waals surface area contributed by atoms with Crippen molar-refractivity contribution in [1.82, 2.24) is 9.88 Å². The molecular weight excluding hydrogens is 407 g/mol. The summed E-state index contributed by atoms with van der Waals surface area (Å²) in [5.41, 5.74) is 1.36. The maximum absolute atomic E-state index is 14.0. The summed E-state index contributed by atoms with van der Waals surface area (Å²) in [6.45, 7) is 4.01. The van der Waals surface area contributed by atoms with Crippen LogP contribution in [0.3, 0.4) is 0 Å². The zero-order chi connectivity index (χ0) is 22.2. The highest BCUT2D eigenvalue weighted by Crippen LogP contribution is 2.18. The number of ether oxygens (including phenoxy) is 1. The van der Waals surface area contributed by atoms with Gasteiger partial charge in [-0.2, -0.15) is 0 Å². The average molecular weight is 435 g/mol. The van der Waals surface area contributed by atoms with Crippen molar-refractivity contribution in [2.75, 3.05) is 43.0 Å². The Kier molecular flexibility index (Phi) is 7.30. The van der Waals surface area contributed by atoms with E-state index in [9.17, 15) is 9.18 Å². The second-order valence-corrected chi connectivity index (χ2v) is 7.76. The number of pyridine rings is 1. The van der Waals surface area contributed by atoms with Gasteiger partial charge in [-0.05, 0) is 36.8 Å². The maximum atomic E-state index is 14.0. The van der Waals surface area contributed by atoms with Crippen LogP contribution < -0.4 is 15.0 Å². The molecule has 0 bridgehead atoms. The summed E-state index contributed by atoms with van der Waals surface area (Å²) >= 11 is 0. The van der Waals surface area contributed by atoms with Gasteiger partial charge in [0.1, 0.15) is 17.4 Å². The van der Waals surface area contributed by atoms with Gasteiger partial charge in [0.2, 0.25) is 0 Å². The van der Waals surface area contributed by atoms with Crippen LogP contribution in [0, 0.1) is 5.82 Å². The molecule has 1 aliphatic heterocycles. The van der Waals surface area contributed by atoms with Crippen molar-refractivity contribution in [3.8, 4) is 5.75 Å². The van der Waals surface area contributed by atoms with Crippen LogP contribution in [-0.2, 0) is 11.3 Å². The predicted octanol–water partition coefficient (Wildman–Crippen LogP) is 3.95. The highest BCUT2D eigenvalue weighted by molar-refractivity contribution is 5.91. The Morgan fingerprint density at radius 3 is 2.56 bits per heavy atom. The summed E-state index contributed by atoms with van der Waals surface area (Å²) in [6.07, 6.45) is 2.64. The van der Waals surface area contributed by atoms with E-state index >= 15 is 0 Å². The van der Waals surface area contributed by atoms with Crippen molar-refractivity contribution in [3.63, 3.8) is 0 Å².